The molecule has 2 aromatic rings. The highest BCUT2D eigenvalue weighted by molar-refractivity contribution is 6.04. The van der Waals surface area contributed by atoms with Gasteiger partial charge in [0.05, 0.1) is 5.69 Å². The number of urea groups is 1. The maximum Gasteiger partial charge on any atom is 0.325 e. The number of hydrogen-bond donors (Lipinski definition) is 1. The van der Waals surface area contributed by atoms with Gasteiger partial charge >= 0.3 is 6.03 Å². The van der Waals surface area contributed by atoms with Crippen LogP contribution in [-0.4, -0.2) is 63.3 Å². The first-order valence-corrected chi connectivity index (χ1v) is 9.87. The van der Waals surface area contributed by atoms with Gasteiger partial charge in [-0.15, -0.1) is 0 Å². The monoisotopic (exact) mass is 394 g/mol. The molecule has 0 bridgehead atoms. The van der Waals surface area contributed by atoms with Crippen LogP contribution >= 0.6 is 0 Å². The number of imide groups is 1. The Morgan fingerprint density at radius 2 is 1.83 bits per heavy atom. The highest BCUT2D eigenvalue weighted by Gasteiger charge is 2.49. The summed E-state index contributed by atoms with van der Waals surface area (Å²) in [5, 5.41) is 7.09. The normalized spacial score (nSPS) is 21.3. The number of aryl methyl sites for hydroxylation is 2. The molecule has 29 heavy (non-hydrogen) atoms. The number of hydrogen-bond acceptors (Lipinski definition) is 5. The topological polar surface area (TPSA) is 82.8 Å². The molecule has 0 spiro atoms. The molecule has 2 aliphatic heterocycles. The molecule has 0 saturated carbocycles. The van der Waals surface area contributed by atoms with Gasteiger partial charge < -0.3 is 9.80 Å². The summed E-state index contributed by atoms with van der Waals surface area (Å²) >= 11 is 0. The van der Waals surface area contributed by atoms with Crippen LogP contribution in [0.2, 0.25) is 0 Å². The Hall–Kier alpha value is -3.16. The van der Waals surface area contributed by atoms with Crippen molar-refractivity contribution in [3.05, 3.63) is 52.8 Å². The number of carbonyl (C=O) groups is 2. The number of aromatic nitrogens is 2. The molecule has 4 rings (SSSR count). The molecular formula is C21H26N6O2. The van der Waals surface area contributed by atoms with Gasteiger partial charge in [-0.05, 0) is 44.7 Å². The largest absolute Gasteiger partial charge is 0.325 e. The molecule has 1 saturated heterocycles. The van der Waals surface area contributed by atoms with Gasteiger partial charge in [-0.1, -0.05) is 30.3 Å². The first kappa shape index (κ1) is 19.2. The first-order chi connectivity index (χ1) is 13.9. The summed E-state index contributed by atoms with van der Waals surface area (Å²) < 4.78 is 1.80. The van der Waals surface area contributed by atoms with Gasteiger partial charge in [-0.2, -0.15) is 5.10 Å². The van der Waals surface area contributed by atoms with Gasteiger partial charge in [0.25, 0.3) is 5.91 Å². The van der Waals surface area contributed by atoms with Gasteiger partial charge in [0.15, 0.2) is 12.2 Å². The van der Waals surface area contributed by atoms with Gasteiger partial charge in [0.2, 0.25) is 5.96 Å². The van der Waals surface area contributed by atoms with Crippen molar-refractivity contribution in [2.24, 2.45) is 4.99 Å². The minimum absolute atomic E-state index is 0.310. The Morgan fingerprint density at radius 3 is 2.48 bits per heavy atom. The highest BCUT2D eigenvalue weighted by atomic mass is 16.2. The van der Waals surface area contributed by atoms with Crippen LogP contribution in [0.25, 0.3) is 0 Å². The van der Waals surface area contributed by atoms with Crippen LogP contribution in [0.3, 0.4) is 0 Å². The van der Waals surface area contributed by atoms with Crippen molar-refractivity contribution >= 4 is 17.9 Å². The molecular weight excluding hydrogens is 368 g/mol. The van der Waals surface area contributed by atoms with E-state index in [2.05, 4.69) is 22.5 Å². The summed E-state index contributed by atoms with van der Waals surface area (Å²) in [7, 11) is 1.67. The molecule has 3 amide bonds. The number of rotatable bonds is 4. The average molecular weight is 394 g/mol. The fourth-order valence-electron chi connectivity index (χ4n) is 3.94. The lowest BCUT2D eigenvalue weighted by molar-refractivity contribution is -0.127. The first-order valence-electron chi connectivity index (χ1n) is 9.87. The Morgan fingerprint density at radius 1 is 1.10 bits per heavy atom. The molecule has 8 heteroatoms. The van der Waals surface area contributed by atoms with Gasteiger partial charge in [0.1, 0.15) is 0 Å². The van der Waals surface area contributed by atoms with Crippen LogP contribution < -0.4 is 5.32 Å². The van der Waals surface area contributed by atoms with E-state index in [0.29, 0.717) is 12.5 Å². The average Bonchev–Trinajstić information content (AvgIpc) is 3.20. The predicted octanol–water partition coefficient (Wildman–Crippen LogP) is 1.84. The van der Waals surface area contributed by atoms with E-state index in [-0.39, 0.29) is 5.91 Å². The minimum Gasteiger partial charge on any atom is -0.325 e. The molecule has 0 radical (unpaired) electrons. The van der Waals surface area contributed by atoms with Crippen molar-refractivity contribution in [2.75, 3.05) is 13.6 Å². The number of fused-ring (bicyclic) bond motifs is 1. The molecule has 3 heterocycles. The van der Waals surface area contributed by atoms with Crippen LogP contribution in [0.4, 0.5) is 4.79 Å². The Balaban J connectivity index is 1.65. The lowest BCUT2D eigenvalue weighted by Gasteiger charge is -2.36. The SMILES string of the molecule is Cc1nn(C2=NC3C(C(=O)NC(=O)N3C)N2CCCc2ccccc2)c(C)c1C. The van der Waals surface area contributed by atoms with Crippen LogP contribution in [-0.2, 0) is 11.2 Å². The van der Waals surface area contributed by atoms with Crippen molar-refractivity contribution in [3.8, 4) is 0 Å². The third-order valence-electron chi connectivity index (χ3n) is 5.89. The number of benzene rings is 1. The number of nitrogens with zero attached hydrogens (tertiary/aromatic N) is 5. The second kappa shape index (κ2) is 7.35. The zero-order valence-electron chi connectivity index (χ0n) is 17.2. The third kappa shape index (κ3) is 3.28. The Bertz CT molecular complexity index is 981. The molecule has 1 N–H and O–H groups in total. The molecule has 152 valence electrons. The summed E-state index contributed by atoms with van der Waals surface area (Å²) in [6.45, 7) is 6.63. The van der Waals surface area contributed by atoms with Gasteiger partial charge in [0, 0.05) is 19.3 Å². The predicted molar refractivity (Wildman–Crippen MR) is 110 cm³/mol. The Kier molecular flexibility index (Phi) is 4.86. The fourth-order valence-corrected chi connectivity index (χ4v) is 3.94. The van der Waals surface area contributed by atoms with E-state index >= 15 is 0 Å². The van der Waals surface area contributed by atoms with Crippen LogP contribution in [0.15, 0.2) is 35.3 Å². The molecule has 0 aliphatic carbocycles. The summed E-state index contributed by atoms with van der Waals surface area (Å²) in [5.41, 5.74) is 4.27. The maximum atomic E-state index is 12.7. The summed E-state index contributed by atoms with van der Waals surface area (Å²) in [4.78, 5) is 33.1. The molecule has 1 fully saturated rings. The molecule has 2 unspecified atom stereocenters. The van der Waals surface area contributed by atoms with Crippen LogP contribution in [0, 0.1) is 20.8 Å². The maximum absolute atomic E-state index is 12.7. The molecule has 2 aliphatic rings. The van der Waals surface area contributed by atoms with Crippen molar-refractivity contribution in [1.29, 1.82) is 0 Å². The summed E-state index contributed by atoms with van der Waals surface area (Å²) in [5.74, 6) is 0.313. The van der Waals surface area contributed by atoms with E-state index in [9.17, 15) is 9.59 Å². The minimum atomic E-state index is -0.549. The van der Waals surface area contributed by atoms with E-state index < -0.39 is 18.2 Å². The van der Waals surface area contributed by atoms with Gasteiger partial charge in [-0.3, -0.25) is 10.1 Å². The number of nitrogens with one attached hydrogen (secondary N) is 1. The summed E-state index contributed by atoms with van der Waals surface area (Å²) in [6, 6.07) is 9.30. The van der Waals surface area contributed by atoms with E-state index in [1.54, 1.807) is 11.7 Å². The fraction of sp³-hybridized carbons (Fsp3) is 0.429. The lowest BCUT2D eigenvalue weighted by atomic mass is 10.1. The van der Waals surface area contributed by atoms with E-state index in [0.717, 1.165) is 29.8 Å². The van der Waals surface area contributed by atoms with Crippen LogP contribution in [0.5, 0.6) is 0 Å². The molecule has 1 aromatic heterocycles. The summed E-state index contributed by atoms with van der Waals surface area (Å²) in [6.07, 6.45) is 1.21. The van der Waals surface area contributed by atoms with Crippen molar-refractivity contribution in [3.63, 3.8) is 0 Å². The standard InChI is InChI=1S/C21H26N6O2/c1-13-14(2)24-27(15(13)3)20-22-18-17(19(28)23-21(29)25(18)4)26(20)12-8-11-16-9-6-5-7-10-16/h5-7,9-10,17-18H,8,11-12H2,1-4H3,(H,23,28,29). The molecule has 1 aromatic carbocycles. The highest BCUT2D eigenvalue weighted by Crippen LogP contribution is 2.26. The lowest BCUT2D eigenvalue weighted by Crippen LogP contribution is -2.64. The zero-order chi connectivity index (χ0) is 20.7. The second-order valence-corrected chi connectivity index (χ2v) is 7.68. The van der Waals surface area contributed by atoms with Crippen molar-refractivity contribution < 1.29 is 9.59 Å². The number of likely N-dealkylation sites (N-methyl/N-ethyl adjacent to an activating group) is 1. The quantitative estimate of drug-likeness (QED) is 0.858. The van der Waals surface area contributed by atoms with E-state index in [4.69, 9.17) is 4.99 Å². The Labute approximate surface area is 170 Å². The second-order valence-electron chi connectivity index (χ2n) is 7.68. The smallest absolute Gasteiger partial charge is 0.325 e. The zero-order valence-corrected chi connectivity index (χ0v) is 17.2. The van der Waals surface area contributed by atoms with E-state index in [1.807, 2.05) is 43.9 Å². The molecule has 2 atom stereocenters. The number of carbonyl (C=O) groups excluding carboxylic acids is 2. The van der Waals surface area contributed by atoms with Crippen molar-refractivity contribution in [1.82, 2.24) is 24.9 Å². The van der Waals surface area contributed by atoms with Gasteiger partial charge in [-0.25, -0.2) is 14.5 Å². The van der Waals surface area contributed by atoms with Crippen LogP contribution in [0.1, 0.15) is 28.9 Å². The number of aliphatic imine (C=N–C) groups is 1. The van der Waals surface area contributed by atoms with Crippen molar-refractivity contribution in [2.45, 2.75) is 45.8 Å². The van der Waals surface area contributed by atoms with E-state index in [1.165, 1.54) is 10.5 Å². The number of amides is 3. The molecule has 8 nitrogen and oxygen atoms in total. The third-order valence-corrected chi connectivity index (χ3v) is 5.89.